The SMILES string of the molecule is Cc1cc(CN)nnc1N1CCC([S+](C)[O-])C1. The molecule has 2 unspecified atom stereocenters. The molecule has 2 rings (SSSR count). The maximum Gasteiger partial charge on any atom is 0.154 e. The van der Waals surface area contributed by atoms with Crippen molar-refractivity contribution in [1.82, 2.24) is 10.2 Å². The molecule has 1 saturated heterocycles. The van der Waals surface area contributed by atoms with E-state index in [1.807, 2.05) is 13.0 Å². The van der Waals surface area contributed by atoms with Gasteiger partial charge in [0.05, 0.1) is 18.5 Å². The van der Waals surface area contributed by atoms with Gasteiger partial charge in [-0.3, -0.25) is 0 Å². The molecule has 2 N–H and O–H groups in total. The van der Waals surface area contributed by atoms with Crippen LogP contribution in [0.15, 0.2) is 6.07 Å². The molecule has 0 aliphatic carbocycles. The van der Waals surface area contributed by atoms with E-state index in [9.17, 15) is 4.55 Å². The van der Waals surface area contributed by atoms with E-state index in [-0.39, 0.29) is 5.25 Å². The van der Waals surface area contributed by atoms with E-state index in [0.717, 1.165) is 36.6 Å². The molecule has 2 heterocycles. The largest absolute Gasteiger partial charge is 0.616 e. The van der Waals surface area contributed by atoms with Gasteiger partial charge >= 0.3 is 0 Å². The highest BCUT2D eigenvalue weighted by Gasteiger charge is 2.30. The number of hydrogen-bond acceptors (Lipinski definition) is 5. The summed E-state index contributed by atoms with van der Waals surface area (Å²) < 4.78 is 11.4. The second-order valence-corrected chi connectivity index (χ2v) is 6.07. The highest BCUT2D eigenvalue weighted by Crippen LogP contribution is 2.24. The summed E-state index contributed by atoms with van der Waals surface area (Å²) in [6.45, 7) is 4.14. The molecule has 2 atom stereocenters. The lowest BCUT2D eigenvalue weighted by atomic mass is 10.2. The zero-order valence-electron chi connectivity index (χ0n) is 10.2. The Hall–Kier alpha value is -0.850. The van der Waals surface area contributed by atoms with Gasteiger partial charge in [0.1, 0.15) is 5.25 Å². The summed E-state index contributed by atoms with van der Waals surface area (Å²) in [5, 5.41) is 8.56. The zero-order chi connectivity index (χ0) is 12.4. The van der Waals surface area contributed by atoms with Gasteiger partial charge in [0.15, 0.2) is 5.82 Å². The predicted octanol–water partition coefficient (Wildman–Crippen LogP) is 0.201. The molecule has 1 aliphatic heterocycles. The number of aryl methyl sites for hydroxylation is 1. The molecular formula is C11H18N4OS. The summed E-state index contributed by atoms with van der Waals surface area (Å²) in [7, 11) is 0. The standard InChI is InChI=1S/C11H18N4OS/c1-8-5-9(6-12)13-14-11(8)15-4-3-10(7-15)17(2)16/h5,10H,3-4,6-7,12H2,1-2H3. The van der Waals surface area contributed by atoms with Crippen LogP contribution in [0.25, 0.3) is 0 Å². The van der Waals surface area contributed by atoms with Crippen LogP contribution in [0.1, 0.15) is 17.7 Å². The first-order valence-corrected chi connectivity index (χ1v) is 7.34. The van der Waals surface area contributed by atoms with Gasteiger partial charge in [-0.1, -0.05) is 11.2 Å². The molecule has 5 nitrogen and oxygen atoms in total. The maximum absolute atomic E-state index is 11.4. The number of nitrogens with zero attached hydrogens (tertiary/aromatic N) is 3. The summed E-state index contributed by atoms with van der Waals surface area (Å²) in [4.78, 5) is 2.16. The van der Waals surface area contributed by atoms with Gasteiger partial charge in [0.2, 0.25) is 0 Å². The van der Waals surface area contributed by atoms with Crippen molar-refractivity contribution in [3.8, 4) is 0 Å². The van der Waals surface area contributed by atoms with E-state index in [1.165, 1.54) is 0 Å². The first kappa shape index (κ1) is 12.6. The molecule has 0 aromatic carbocycles. The van der Waals surface area contributed by atoms with Crippen LogP contribution in [-0.4, -0.2) is 39.3 Å². The van der Waals surface area contributed by atoms with Crippen molar-refractivity contribution < 1.29 is 4.55 Å². The number of aromatic nitrogens is 2. The zero-order valence-corrected chi connectivity index (χ0v) is 11.0. The van der Waals surface area contributed by atoms with E-state index < -0.39 is 11.2 Å². The minimum absolute atomic E-state index is 0.255. The number of anilines is 1. The van der Waals surface area contributed by atoms with Crippen molar-refractivity contribution in [2.24, 2.45) is 5.73 Å². The van der Waals surface area contributed by atoms with Crippen molar-refractivity contribution >= 4 is 17.0 Å². The number of nitrogens with two attached hydrogens (primary N) is 1. The highest BCUT2D eigenvalue weighted by molar-refractivity contribution is 7.91. The lowest BCUT2D eigenvalue weighted by Crippen LogP contribution is -2.27. The quantitative estimate of drug-likeness (QED) is 0.780. The van der Waals surface area contributed by atoms with E-state index in [1.54, 1.807) is 6.26 Å². The van der Waals surface area contributed by atoms with Crippen LogP contribution in [0, 0.1) is 6.92 Å². The van der Waals surface area contributed by atoms with E-state index in [2.05, 4.69) is 15.1 Å². The molecular weight excluding hydrogens is 236 g/mol. The van der Waals surface area contributed by atoms with Crippen LogP contribution in [0.3, 0.4) is 0 Å². The molecule has 6 heteroatoms. The van der Waals surface area contributed by atoms with Crippen LogP contribution in [0.5, 0.6) is 0 Å². The second-order valence-electron chi connectivity index (χ2n) is 4.40. The average Bonchev–Trinajstić information content (AvgIpc) is 2.78. The summed E-state index contributed by atoms with van der Waals surface area (Å²) in [5.74, 6) is 0.898. The topological polar surface area (TPSA) is 78.1 Å². The fourth-order valence-corrected chi connectivity index (χ4v) is 2.96. The van der Waals surface area contributed by atoms with Crippen molar-refractivity contribution in [3.63, 3.8) is 0 Å². The smallest absolute Gasteiger partial charge is 0.154 e. The Kier molecular flexibility index (Phi) is 3.86. The molecule has 0 saturated carbocycles. The normalized spacial score (nSPS) is 21.9. The average molecular weight is 254 g/mol. The van der Waals surface area contributed by atoms with Crippen LogP contribution >= 0.6 is 0 Å². The summed E-state index contributed by atoms with van der Waals surface area (Å²) >= 11 is -0.758. The van der Waals surface area contributed by atoms with Gasteiger partial charge in [0, 0.05) is 19.5 Å². The third-order valence-corrected chi connectivity index (χ3v) is 4.46. The Balaban J connectivity index is 2.13. The Bertz CT molecular complexity index is 399. The lowest BCUT2D eigenvalue weighted by molar-refractivity contribution is 0.588. The molecule has 0 bridgehead atoms. The van der Waals surface area contributed by atoms with Gasteiger partial charge in [0.25, 0.3) is 0 Å². The summed E-state index contributed by atoms with van der Waals surface area (Å²) in [6.07, 6.45) is 2.73. The highest BCUT2D eigenvalue weighted by atomic mass is 32.2. The van der Waals surface area contributed by atoms with Gasteiger partial charge in [-0.2, -0.15) is 5.10 Å². The molecule has 0 amide bonds. The predicted molar refractivity (Wildman–Crippen MR) is 69.3 cm³/mol. The van der Waals surface area contributed by atoms with Crippen LogP contribution in [0.4, 0.5) is 5.82 Å². The van der Waals surface area contributed by atoms with Gasteiger partial charge in [-0.25, -0.2) is 0 Å². The first-order valence-electron chi connectivity index (χ1n) is 5.72. The molecule has 0 radical (unpaired) electrons. The molecule has 1 aromatic heterocycles. The van der Waals surface area contributed by atoms with Crippen molar-refractivity contribution in [2.75, 3.05) is 24.2 Å². The Morgan fingerprint density at radius 3 is 2.88 bits per heavy atom. The molecule has 0 spiro atoms. The van der Waals surface area contributed by atoms with Gasteiger partial charge < -0.3 is 15.2 Å². The monoisotopic (exact) mass is 254 g/mol. The Morgan fingerprint density at radius 1 is 1.59 bits per heavy atom. The van der Waals surface area contributed by atoms with E-state index >= 15 is 0 Å². The molecule has 17 heavy (non-hydrogen) atoms. The molecule has 1 aromatic rings. The van der Waals surface area contributed by atoms with Gasteiger partial charge in [-0.15, -0.1) is 5.10 Å². The van der Waals surface area contributed by atoms with Crippen LogP contribution in [-0.2, 0) is 17.7 Å². The van der Waals surface area contributed by atoms with Crippen LogP contribution < -0.4 is 10.6 Å². The van der Waals surface area contributed by atoms with Crippen molar-refractivity contribution in [3.05, 3.63) is 17.3 Å². The summed E-state index contributed by atoms with van der Waals surface area (Å²) in [5.41, 5.74) is 7.42. The first-order chi connectivity index (χ1) is 8.11. The molecule has 94 valence electrons. The van der Waals surface area contributed by atoms with Crippen LogP contribution in [0.2, 0.25) is 0 Å². The summed E-state index contributed by atoms with van der Waals surface area (Å²) in [6, 6.07) is 1.97. The fourth-order valence-electron chi connectivity index (χ4n) is 2.14. The van der Waals surface area contributed by atoms with Crippen molar-refractivity contribution in [1.29, 1.82) is 0 Å². The lowest BCUT2D eigenvalue weighted by Gasteiger charge is -2.19. The fraction of sp³-hybridized carbons (Fsp3) is 0.636. The molecule has 1 fully saturated rings. The Labute approximate surface area is 105 Å². The number of hydrogen-bond donors (Lipinski definition) is 1. The third-order valence-electron chi connectivity index (χ3n) is 3.13. The number of rotatable bonds is 3. The third kappa shape index (κ3) is 2.70. The minimum Gasteiger partial charge on any atom is -0.616 e. The maximum atomic E-state index is 11.4. The minimum atomic E-state index is -0.758. The van der Waals surface area contributed by atoms with E-state index in [4.69, 9.17) is 5.73 Å². The molecule has 1 aliphatic rings. The van der Waals surface area contributed by atoms with Crippen molar-refractivity contribution in [2.45, 2.75) is 25.1 Å². The van der Waals surface area contributed by atoms with E-state index in [0.29, 0.717) is 6.54 Å². The Morgan fingerprint density at radius 2 is 2.35 bits per heavy atom. The van der Waals surface area contributed by atoms with Gasteiger partial charge in [-0.05, 0) is 18.6 Å². The second kappa shape index (κ2) is 5.20.